The average Bonchev–Trinajstić information content (AvgIpc) is 2.89. The van der Waals surface area contributed by atoms with Gasteiger partial charge in [0.1, 0.15) is 0 Å². The standard InChI is InChI=1S/C26H29N5O3/c1-2-23(32)30-14-10-18(11-15-30)21-16-28-17-22(25(27)33)24(21)29-20-8-6-19(7-9-20)26(34)31-12-4-3-5-13-31/h2,6-10,16-17H,1,3-5,11-15H2,(H2,27,33)(H,28,29). The lowest BCUT2D eigenvalue weighted by Gasteiger charge is -2.27. The number of piperidine rings is 1. The molecule has 0 atom stereocenters. The molecule has 34 heavy (non-hydrogen) atoms. The Morgan fingerprint density at radius 1 is 1.00 bits per heavy atom. The minimum atomic E-state index is -0.589. The Labute approximate surface area is 199 Å². The highest BCUT2D eigenvalue weighted by molar-refractivity contribution is 6.02. The molecule has 1 saturated heterocycles. The van der Waals surface area contributed by atoms with Crippen LogP contribution in [0, 0.1) is 0 Å². The lowest BCUT2D eigenvalue weighted by Crippen LogP contribution is -2.35. The molecule has 4 rings (SSSR count). The topological polar surface area (TPSA) is 109 Å². The van der Waals surface area contributed by atoms with E-state index in [1.807, 2.05) is 23.1 Å². The molecular formula is C26H29N5O3. The largest absolute Gasteiger partial charge is 0.365 e. The molecule has 0 spiro atoms. The first-order valence-corrected chi connectivity index (χ1v) is 11.5. The molecule has 0 saturated carbocycles. The summed E-state index contributed by atoms with van der Waals surface area (Å²) in [5.74, 6) is -0.662. The van der Waals surface area contributed by atoms with Crippen LogP contribution < -0.4 is 11.1 Å². The number of primary amides is 1. The second kappa shape index (κ2) is 10.3. The van der Waals surface area contributed by atoms with Crippen LogP contribution >= 0.6 is 0 Å². The Morgan fingerprint density at radius 3 is 2.35 bits per heavy atom. The number of nitrogens with two attached hydrogens (primary N) is 1. The number of carbonyl (C=O) groups excluding carboxylic acids is 3. The minimum Gasteiger partial charge on any atom is -0.365 e. The number of nitrogens with zero attached hydrogens (tertiary/aromatic N) is 3. The molecule has 8 nitrogen and oxygen atoms in total. The highest BCUT2D eigenvalue weighted by atomic mass is 16.2. The van der Waals surface area contributed by atoms with Gasteiger partial charge in [0.15, 0.2) is 0 Å². The van der Waals surface area contributed by atoms with E-state index in [9.17, 15) is 14.4 Å². The Kier molecular flexibility index (Phi) is 7.06. The van der Waals surface area contributed by atoms with Crippen LogP contribution in [-0.2, 0) is 4.79 Å². The summed E-state index contributed by atoms with van der Waals surface area (Å²) in [6.45, 7) is 6.13. The van der Waals surface area contributed by atoms with Crippen LogP contribution in [0.5, 0.6) is 0 Å². The zero-order chi connectivity index (χ0) is 24.1. The first kappa shape index (κ1) is 23.2. The summed E-state index contributed by atoms with van der Waals surface area (Å²) >= 11 is 0. The van der Waals surface area contributed by atoms with Crippen LogP contribution in [0.4, 0.5) is 11.4 Å². The predicted molar refractivity (Wildman–Crippen MR) is 132 cm³/mol. The van der Waals surface area contributed by atoms with Gasteiger partial charge in [-0.05, 0) is 61.6 Å². The third kappa shape index (κ3) is 5.01. The van der Waals surface area contributed by atoms with Crippen molar-refractivity contribution in [2.24, 2.45) is 5.73 Å². The van der Waals surface area contributed by atoms with E-state index in [4.69, 9.17) is 5.73 Å². The van der Waals surface area contributed by atoms with Gasteiger partial charge in [0.25, 0.3) is 11.8 Å². The minimum absolute atomic E-state index is 0.0414. The second-order valence-electron chi connectivity index (χ2n) is 8.50. The van der Waals surface area contributed by atoms with Crippen molar-refractivity contribution in [3.05, 3.63) is 72.1 Å². The molecule has 2 aliphatic rings. The molecule has 3 N–H and O–H groups in total. The summed E-state index contributed by atoms with van der Waals surface area (Å²) in [5.41, 5.74) is 9.58. The Bertz CT molecular complexity index is 1130. The fourth-order valence-electron chi connectivity index (χ4n) is 4.39. The number of hydrogen-bond acceptors (Lipinski definition) is 5. The van der Waals surface area contributed by atoms with Crippen molar-refractivity contribution >= 4 is 34.7 Å². The molecule has 8 heteroatoms. The lowest BCUT2D eigenvalue weighted by molar-refractivity contribution is -0.125. The van der Waals surface area contributed by atoms with Gasteiger partial charge >= 0.3 is 0 Å². The third-order valence-corrected chi connectivity index (χ3v) is 6.30. The summed E-state index contributed by atoms with van der Waals surface area (Å²) < 4.78 is 0. The number of amides is 3. The van der Waals surface area contributed by atoms with E-state index in [1.54, 1.807) is 23.2 Å². The van der Waals surface area contributed by atoms with Gasteiger partial charge in [-0.25, -0.2) is 0 Å². The van der Waals surface area contributed by atoms with Gasteiger partial charge in [0.05, 0.1) is 11.3 Å². The first-order valence-electron chi connectivity index (χ1n) is 11.5. The van der Waals surface area contributed by atoms with E-state index < -0.39 is 5.91 Å². The number of anilines is 2. The van der Waals surface area contributed by atoms with Crippen molar-refractivity contribution in [1.29, 1.82) is 0 Å². The summed E-state index contributed by atoms with van der Waals surface area (Å²) in [5, 5.41) is 3.31. The lowest BCUT2D eigenvalue weighted by atomic mass is 9.97. The number of aromatic nitrogens is 1. The maximum atomic E-state index is 12.8. The normalized spacial score (nSPS) is 15.9. The molecule has 1 aromatic heterocycles. The van der Waals surface area contributed by atoms with E-state index in [2.05, 4.69) is 16.9 Å². The number of carbonyl (C=O) groups is 3. The maximum Gasteiger partial charge on any atom is 0.253 e. The van der Waals surface area contributed by atoms with Gasteiger partial charge in [-0.1, -0.05) is 12.7 Å². The van der Waals surface area contributed by atoms with Crippen molar-refractivity contribution in [2.75, 3.05) is 31.5 Å². The van der Waals surface area contributed by atoms with E-state index in [1.165, 1.54) is 18.7 Å². The van der Waals surface area contributed by atoms with Crippen LogP contribution in [0.3, 0.4) is 0 Å². The van der Waals surface area contributed by atoms with E-state index >= 15 is 0 Å². The molecule has 3 amide bonds. The monoisotopic (exact) mass is 459 g/mol. The van der Waals surface area contributed by atoms with Gasteiger partial charge in [-0.2, -0.15) is 0 Å². The Hall–Kier alpha value is -3.94. The number of pyridine rings is 1. The van der Waals surface area contributed by atoms with E-state index in [0.29, 0.717) is 30.8 Å². The van der Waals surface area contributed by atoms with Crippen LogP contribution in [-0.4, -0.2) is 58.7 Å². The molecule has 1 fully saturated rings. The highest BCUT2D eigenvalue weighted by Crippen LogP contribution is 2.33. The molecule has 0 radical (unpaired) electrons. The van der Waals surface area contributed by atoms with Crippen LogP contribution in [0.15, 0.2) is 55.4 Å². The number of benzene rings is 1. The van der Waals surface area contributed by atoms with Gasteiger partial charge < -0.3 is 20.9 Å². The fourth-order valence-corrected chi connectivity index (χ4v) is 4.39. The second-order valence-corrected chi connectivity index (χ2v) is 8.50. The Morgan fingerprint density at radius 2 is 1.74 bits per heavy atom. The van der Waals surface area contributed by atoms with E-state index in [0.717, 1.165) is 42.8 Å². The van der Waals surface area contributed by atoms with Gasteiger partial charge in [0, 0.05) is 55.4 Å². The molecule has 2 aliphatic heterocycles. The van der Waals surface area contributed by atoms with Crippen molar-refractivity contribution in [3.63, 3.8) is 0 Å². The van der Waals surface area contributed by atoms with Gasteiger partial charge in [-0.3, -0.25) is 19.4 Å². The van der Waals surface area contributed by atoms with Gasteiger partial charge in [-0.15, -0.1) is 0 Å². The quantitative estimate of drug-likeness (QED) is 0.644. The SMILES string of the molecule is C=CC(=O)N1CC=C(c2cncc(C(N)=O)c2Nc2ccc(C(=O)N3CCCCC3)cc2)CC1. The van der Waals surface area contributed by atoms with Crippen molar-refractivity contribution in [3.8, 4) is 0 Å². The average molecular weight is 460 g/mol. The predicted octanol–water partition coefficient (Wildman–Crippen LogP) is 3.35. The third-order valence-electron chi connectivity index (χ3n) is 6.30. The summed E-state index contributed by atoms with van der Waals surface area (Å²) in [7, 11) is 0. The zero-order valence-corrected chi connectivity index (χ0v) is 19.1. The zero-order valence-electron chi connectivity index (χ0n) is 19.1. The van der Waals surface area contributed by atoms with Crippen molar-refractivity contribution in [1.82, 2.24) is 14.8 Å². The number of likely N-dealkylation sites (tertiary alicyclic amines) is 1. The summed E-state index contributed by atoms with van der Waals surface area (Å²) in [6, 6.07) is 7.24. The Balaban J connectivity index is 1.58. The maximum absolute atomic E-state index is 12.8. The number of nitrogens with one attached hydrogen (secondary N) is 1. The first-order chi connectivity index (χ1) is 16.5. The van der Waals surface area contributed by atoms with Gasteiger partial charge in [0.2, 0.25) is 5.91 Å². The molecule has 1 aromatic carbocycles. The summed E-state index contributed by atoms with van der Waals surface area (Å²) in [4.78, 5) is 44.6. The van der Waals surface area contributed by atoms with Crippen LogP contribution in [0.2, 0.25) is 0 Å². The molecule has 2 aromatic rings. The van der Waals surface area contributed by atoms with Crippen molar-refractivity contribution < 1.29 is 14.4 Å². The van der Waals surface area contributed by atoms with E-state index in [-0.39, 0.29) is 17.4 Å². The number of hydrogen-bond donors (Lipinski definition) is 2. The molecule has 3 heterocycles. The molecule has 0 aliphatic carbocycles. The molecule has 0 bridgehead atoms. The highest BCUT2D eigenvalue weighted by Gasteiger charge is 2.22. The number of rotatable bonds is 6. The van der Waals surface area contributed by atoms with Crippen LogP contribution in [0.1, 0.15) is 52.0 Å². The fraction of sp³-hybridized carbons (Fsp3) is 0.308. The molecule has 0 unspecified atom stereocenters. The smallest absolute Gasteiger partial charge is 0.253 e. The molecule has 176 valence electrons. The summed E-state index contributed by atoms with van der Waals surface area (Å²) in [6.07, 6.45) is 10.3. The molecular weight excluding hydrogens is 430 g/mol. The van der Waals surface area contributed by atoms with Crippen molar-refractivity contribution in [2.45, 2.75) is 25.7 Å². The van der Waals surface area contributed by atoms with Crippen LogP contribution in [0.25, 0.3) is 5.57 Å².